The minimum absolute atomic E-state index is 0.0925. The molecule has 1 aromatic rings. The fourth-order valence-electron chi connectivity index (χ4n) is 3.56. The zero-order valence-corrected chi connectivity index (χ0v) is 16.0. The Hall–Kier alpha value is -1.95. The topological polar surface area (TPSA) is 64.7 Å². The molecule has 3 rings (SSSR count). The van der Waals surface area contributed by atoms with Crippen molar-refractivity contribution in [1.82, 2.24) is 15.5 Å². The van der Waals surface area contributed by atoms with Crippen molar-refractivity contribution in [3.63, 3.8) is 0 Å². The molecule has 0 spiro atoms. The molecule has 142 valence electrons. The molecule has 6 nitrogen and oxygen atoms in total. The van der Waals surface area contributed by atoms with Crippen LogP contribution in [0.4, 0.5) is 10.5 Å². The minimum Gasteiger partial charge on any atom is -0.368 e. The standard InChI is InChI=1S/C19H27ClN4O2/c1-14(18(25)22-16-4-2-3-5-16)21-19(26)24-12-10-23(11-13-24)17-8-6-15(20)7-9-17/h6-9,14,16H,2-5,10-13H2,1H3,(H,21,26)(H,22,25). The number of anilines is 1. The first kappa shape index (κ1) is 18.8. The Kier molecular flexibility index (Phi) is 6.25. The average molecular weight is 379 g/mol. The third kappa shape index (κ3) is 4.81. The van der Waals surface area contributed by atoms with E-state index in [-0.39, 0.29) is 18.0 Å². The number of hydrogen-bond donors (Lipinski definition) is 2. The van der Waals surface area contributed by atoms with Crippen molar-refractivity contribution in [2.45, 2.75) is 44.7 Å². The van der Waals surface area contributed by atoms with Crippen LogP contribution < -0.4 is 15.5 Å². The molecular formula is C19H27ClN4O2. The maximum absolute atomic E-state index is 12.4. The minimum atomic E-state index is -0.516. The van der Waals surface area contributed by atoms with Crippen LogP contribution in [0.15, 0.2) is 24.3 Å². The molecule has 1 saturated carbocycles. The lowest BCUT2D eigenvalue weighted by molar-refractivity contribution is -0.123. The van der Waals surface area contributed by atoms with Crippen molar-refractivity contribution in [3.05, 3.63) is 29.3 Å². The highest BCUT2D eigenvalue weighted by Gasteiger charge is 2.25. The monoisotopic (exact) mass is 378 g/mol. The summed E-state index contributed by atoms with van der Waals surface area (Å²) in [4.78, 5) is 28.7. The molecule has 7 heteroatoms. The van der Waals surface area contributed by atoms with Gasteiger partial charge in [-0.2, -0.15) is 0 Å². The zero-order chi connectivity index (χ0) is 18.5. The lowest BCUT2D eigenvalue weighted by atomic mass is 10.2. The first-order valence-corrected chi connectivity index (χ1v) is 9.77. The second-order valence-electron chi connectivity index (χ2n) is 7.11. The molecule has 1 aromatic carbocycles. The highest BCUT2D eigenvalue weighted by molar-refractivity contribution is 6.30. The molecule has 26 heavy (non-hydrogen) atoms. The van der Waals surface area contributed by atoms with Gasteiger partial charge in [-0.05, 0) is 44.0 Å². The summed E-state index contributed by atoms with van der Waals surface area (Å²) in [5, 5.41) is 6.57. The summed E-state index contributed by atoms with van der Waals surface area (Å²) in [7, 11) is 0. The van der Waals surface area contributed by atoms with E-state index in [2.05, 4.69) is 15.5 Å². The Labute approximate surface area is 159 Å². The summed E-state index contributed by atoms with van der Waals surface area (Å²) in [6, 6.07) is 7.32. The molecule has 1 atom stereocenters. The van der Waals surface area contributed by atoms with Crippen molar-refractivity contribution in [1.29, 1.82) is 0 Å². The summed E-state index contributed by atoms with van der Waals surface area (Å²) in [5.74, 6) is -0.0925. The molecule has 0 bridgehead atoms. The van der Waals surface area contributed by atoms with Crippen LogP contribution in [0.3, 0.4) is 0 Å². The van der Waals surface area contributed by atoms with Gasteiger partial charge in [0.2, 0.25) is 5.91 Å². The Morgan fingerprint density at radius 1 is 1.08 bits per heavy atom. The first-order valence-electron chi connectivity index (χ1n) is 9.39. The highest BCUT2D eigenvalue weighted by Crippen LogP contribution is 2.20. The van der Waals surface area contributed by atoms with Crippen molar-refractivity contribution in [2.24, 2.45) is 0 Å². The number of amides is 3. The predicted octanol–water partition coefficient (Wildman–Crippen LogP) is 2.62. The van der Waals surface area contributed by atoms with Crippen molar-refractivity contribution in [2.75, 3.05) is 31.1 Å². The first-order chi connectivity index (χ1) is 12.5. The van der Waals surface area contributed by atoms with E-state index >= 15 is 0 Å². The quantitative estimate of drug-likeness (QED) is 0.846. The number of hydrogen-bond acceptors (Lipinski definition) is 3. The van der Waals surface area contributed by atoms with E-state index in [0.717, 1.165) is 36.6 Å². The molecule has 1 heterocycles. The Morgan fingerprint density at radius 2 is 1.69 bits per heavy atom. The van der Waals surface area contributed by atoms with Gasteiger partial charge in [0.25, 0.3) is 0 Å². The maximum Gasteiger partial charge on any atom is 0.318 e. The van der Waals surface area contributed by atoms with Crippen LogP contribution in [0, 0.1) is 0 Å². The molecule has 1 saturated heterocycles. The number of nitrogens with zero attached hydrogens (tertiary/aromatic N) is 2. The summed E-state index contributed by atoms with van der Waals surface area (Å²) in [5.41, 5.74) is 1.11. The molecule has 0 aromatic heterocycles. The maximum atomic E-state index is 12.4. The summed E-state index contributed by atoms with van der Waals surface area (Å²) >= 11 is 5.93. The van der Waals surface area contributed by atoms with Gasteiger partial charge in [-0.25, -0.2) is 4.79 Å². The number of nitrogens with one attached hydrogen (secondary N) is 2. The molecule has 1 aliphatic heterocycles. The molecule has 1 aliphatic carbocycles. The lowest BCUT2D eigenvalue weighted by Gasteiger charge is -2.36. The number of rotatable bonds is 4. The van der Waals surface area contributed by atoms with Crippen molar-refractivity contribution < 1.29 is 9.59 Å². The predicted molar refractivity (Wildman–Crippen MR) is 104 cm³/mol. The number of carbonyl (C=O) groups is 2. The Morgan fingerprint density at radius 3 is 2.31 bits per heavy atom. The van der Waals surface area contributed by atoms with Gasteiger partial charge in [0, 0.05) is 42.9 Å². The van der Waals surface area contributed by atoms with Crippen LogP contribution in [0.25, 0.3) is 0 Å². The summed E-state index contributed by atoms with van der Waals surface area (Å²) < 4.78 is 0. The molecule has 1 unspecified atom stereocenters. The molecule has 2 N–H and O–H groups in total. The van der Waals surface area contributed by atoms with Crippen molar-refractivity contribution >= 4 is 29.2 Å². The van der Waals surface area contributed by atoms with E-state index in [4.69, 9.17) is 11.6 Å². The van der Waals surface area contributed by atoms with Gasteiger partial charge >= 0.3 is 6.03 Å². The van der Waals surface area contributed by atoms with Gasteiger partial charge in [-0.3, -0.25) is 4.79 Å². The Bertz CT molecular complexity index is 623. The van der Waals surface area contributed by atoms with Gasteiger partial charge in [0.05, 0.1) is 0 Å². The second-order valence-corrected chi connectivity index (χ2v) is 7.55. The third-order valence-corrected chi connectivity index (χ3v) is 5.45. The average Bonchev–Trinajstić information content (AvgIpc) is 3.15. The fourth-order valence-corrected chi connectivity index (χ4v) is 3.68. The van der Waals surface area contributed by atoms with Crippen LogP contribution >= 0.6 is 11.6 Å². The summed E-state index contributed by atoms with van der Waals surface area (Å²) in [6.45, 7) is 4.53. The molecule has 2 fully saturated rings. The van der Waals surface area contributed by atoms with Crippen LogP contribution in [0.2, 0.25) is 5.02 Å². The number of benzene rings is 1. The van der Waals surface area contributed by atoms with Crippen LogP contribution in [0.5, 0.6) is 0 Å². The SMILES string of the molecule is CC(NC(=O)N1CCN(c2ccc(Cl)cc2)CC1)C(=O)NC1CCCC1. The second kappa shape index (κ2) is 8.62. The lowest BCUT2D eigenvalue weighted by Crippen LogP contribution is -2.55. The van der Waals surface area contributed by atoms with E-state index in [9.17, 15) is 9.59 Å². The normalized spacial score (nSPS) is 19.3. The van der Waals surface area contributed by atoms with Gasteiger partial charge in [0.15, 0.2) is 0 Å². The summed E-state index contributed by atoms with van der Waals surface area (Å²) in [6.07, 6.45) is 4.42. The largest absolute Gasteiger partial charge is 0.368 e. The number of piperazine rings is 1. The Balaban J connectivity index is 1.44. The number of halogens is 1. The number of urea groups is 1. The molecule has 3 amide bonds. The van der Waals surface area contributed by atoms with E-state index < -0.39 is 6.04 Å². The van der Waals surface area contributed by atoms with E-state index in [1.807, 2.05) is 24.3 Å². The van der Waals surface area contributed by atoms with Crippen molar-refractivity contribution in [3.8, 4) is 0 Å². The smallest absolute Gasteiger partial charge is 0.318 e. The van der Waals surface area contributed by atoms with Crippen LogP contribution in [0.1, 0.15) is 32.6 Å². The van der Waals surface area contributed by atoms with E-state index in [1.165, 1.54) is 12.8 Å². The molecule has 0 radical (unpaired) electrons. The van der Waals surface area contributed by atoms with E-state index in [0.29, 0.717) is 13.1 Å². The van der Waals surface area contributed by atoms with Gasteiger partial charge in [-0.1, -0.05) is 24.4 Å². The van der Waals surface area contributed by atoms with Gasteiger partial charge in [-0.15, -0.1) is 0 Å². The van der Waals surface area contributed by atoms with Gasteiger partial charge < -0.3 is 20.4 Å². The van der Waals surface area contributed by atoms with Crippen LogP contribution in [-0.2, 0) is 4.79 Å². The third-order valence-electron chi connectivity index (χ3n) is 5.19. The van der Waals surface area contributed by atoms with Crippen LogP contribution in [-0.4, -0.2) is 55.1 Å². The van der Waals surface area contributed by atoms with E-state index in [1.54, 1.807) is 11.8 Å². The molecule has 2 aliphatic rings. The highest BCUT2D eigenvalue weighted by atomic mass is 35.5. The molecular weight excluding hydrogens is 352 g/mol. The zero-order valence-electron chi connectivity index (χ0n) is 15.2. The number of carbonyl (C=O) groups excluding carboxylic acids is 2. The van der Waals surface area contributed by atoms with Gasteiger partial charge in [0.1, 0.15) is 6.04 Å². The fraction of sp³-hybridized carbons (Fsp3) is 0.579.